The van der Waals surface area contributed by atoms with Gasteiger partial charge in [-0.2, -0.15) is 0 Å². The molecule has 1 amide bonds. The standard InChI is InChI=1S/C15H19NO3/c1-11-10-19-15(8-7-13(17)9-15)16(11)14(18)12-5-3-2-4-6-12/h2-6,11,13,17H,7-10H2,1H3/t11-,13+,15-/m1/s1. The van der Waals surface area contributed by atoms with Gasteiger partial charge in [0.2, 0.25) is 0 Å². The van der Waals surface area contributed by atoms with Crippen LogP contribution in [0.25, 0.3) is 0 Å². The molecule has 1 heterocycles. The molecule has 0 bridgehead atoms. The minimum atomic E-state index is -0.592. The van der Waals surface area contributed by atoms with Crippen molar-refractivity contribution in [2.75, 3.05) is 6.61 Å². The van der Waals surface area contributed by atoms with E-state index in [0.29, 0.717) is 25.0 Å². The second-order valence-electron chi connectivity index (χ2n) is 5.54. The Labute approximate surface area is 113 Å². The Hall–Kier alpha value is -1.39. The number of aliphatic hydroxyl groups excluding tert-OH is 1. The van der Waals surface area contributed by atoms with Gasteiger partial charge in [-0.1, -0.05) is 18.2 Å². The molecule has 1 aromatic rings. The zero-order valence-corrected chi connectivity index (χ0v) is 11.1. The average Bonchev–Trinajstić information content (AvgIpc) is 2.94. The van der Waals surface area contributed by atoms with E-state index in [2.05, 4.69) is 0 Å². The third kappa shape index (κ3) is 2.05. The van der Waals surface area contributed by atoms with E-state index in [-0.39, 0.29) is 18.1 Å². The Kier molecular flexibility index (Phi) is 3.07. The van der Waals surface area contributed by atoms with Gasteiger partial charge in [0.1, 0.15) is 5.72 Å². The number of ether oxygens (including phenoxy) is 1. The van der Waals surface area contributed by atoms with Crippen molar-refractivity contribution >= 4 is 5.91 Å². The first-order valence-electron chi connectivity index (χ1n) is 6.83. The van der Waals surface area contributed by atoms with Crippen LogP contribution in [0.15, 0.2) is 30.3 Å². The first kappa shape index (κ1) is 12.6. The van der Waals surface area contributed by atoms with Gasteiger partial charge in [0, 0.05) is 12.0 Å². The highest BCUT2D eigenvalue weighted by Crippen LogP contribution is 2.42. The van der Waals surface area contributed by atoms with Gasteiger partial charge in [0.15, 0.2) is 0 Å². The first-order valence-corrected chi connectivity index (χ1v) is 6.83. The van der Waals surface area contributed by atoms with E-state index >= 15 is 0 Å². The molecule has 1 aromatic carbocycles. The highest BCUT2D eigenvalue weighted by atomic mass is 16.5. The number of rotatable bonds is 1. The number of aliphatic hydroxyl groups is 1. The first-order chi connectivity index (χ1) is 9.12. The summed E-state index contributed by atoms with van der Waals surface area (Å²) in [6, 6.07) is 9.34. The summed E-state index contributed by atoms with van der Waals surface area (Å²) in [6.07, 6.45) is 1.58. The second-order valence-corrected chi connectivity index (χ2v) is 5.54. The molecule has 102 valence electrons. The molecule has 3 rings (SSSR count). The lowest BCUT2D eigenvalue weighted by Gasteiger charge is -2.35. The average molecular weight is 261 g/mol. The second kappa shape index (κ2) is 4.62. The van der Waals surface area contributed by atoms with Gasteiger partial charge in [0.25, 0.3) is 5.91 Å². The number of nitrogens with zero attached hydrogens (tertiary/aromatic N) is 1. The summed E-state index contributed by atoms with van der Waals surface area (Å²) in [5, 5.41) is 9.79. The lowest BCUT2D eigenvalue weighted by molar-refractivity contribution is -0.0705. The molecule has 2 aliphatic rings. The van der Waals surface area contributed by atoms with Crippen molar-refractivity contribution in [3.63, 3.8) is 0 Å². The van der Waals surface area contributed by atoms with Gasteiger partial charge in [-0.25, -0.2) is 0 Å². The predicted octanol–water partition coefficient (Wildman–Crippen LogP) is 1.79. The zero-order chi connectivity index (χ0) is 13.5. The number of carbonyl (C=O) groups excluding carboxylic acids is 1. The lowest BCUT2D eigenvalue weighted by Crippen LogP contribution is -2.49. The van der Waals surface area contributed by atoms with Crippen LogP contribution >= 0.6 is 0 Å². The molecule has 1 aliphatic carbocycles. The summed E-state index contributed by atoms with van der Waals surface area (Å²) < 4.78 is 5.88. The van der Waals surface area contributed by atoms with Crippen molar-refractivity contribution in [2.24, 2.45) is 0 Å². The van der Waals surface area contributed by atoms with Crippen molar-refractivity contribution in [3.05, 3.63) is 35.9 Å². The van der Waals surface area contributed by atoms with Crippen molar-refractivity contribution < 1.29 is 14.6 Å². The van der Waals surface area contributed by atoms with Crippen LogP contribution in [0.1, 0.15) is 36.5 Å². The fourth-order valence-electron chi connectivity index (χ4n) is 3.24. The van der Waals surface area contributed by atoms with E-state index in [4.69, 9.17) is 4.74 Å². The van der Waals surface area contributed by atoms with E-state index in [1.54, 1.807) is 0 Å². The number of hydrogen-bond acceptors (Lipinski definition) is 3. The van der Waals surface area contributed by atoms with Crippen LogP contribution in [0.4, 0.5) is 0 Å². The molecule has 1 saturated heterocycles. The number of carbonyl (C=O) groups is 1. The summed E-state index contributed by atoms with van der Waals surface area (Å²) in [7, 11) is 0. The molecule has 0 radical (unpaired) electrons. The van der Waals surface area contributed by atoms with E-state index < -0.39 is 5.72 Å². The normalized spacial score (nSPS) is 34.1. The number of amides is 1. The summed E-state index contributed by atoms with van der Waals surface area (Å²) >= 11 is 0. The maximum absolute atomic E-state index is 12.7. The summed E-state index contributed by atoms with van der Waals surface area (Å²) in [5.41, 5.74) is 0.0896. The lowest BCUT2D eigenvalue weighted by atomic mass is 10.1. The highest BCUT2D eigenvalue weighted by Gasteiger charge is 2.52. The Morgan fingerprint density at radius 1 is 1.42 bits per heavy atom. The minimum absolute atomic E-state index is 0.000278. The van der Waals surface area contributed by atoms with Crippen LogP contribution in [-0.4, -0.2) is 40.4 Å². The Morgan fingerprint density at radius 3 is 2.79 bits per heavy atom. The molecule has 1 spiro atoms. The van der Waals surface area contributed by atoms with E-state index in [0.717, 1.165) is 6.42 Å². The van der Waals surface area contributed by atoms with E-state index in [1.807, 2.05) is 42.2 Å². The Bertz CT molecular complexity index is 472. The van der Waals surface area contributed by atoms with Gasteiger partial charge in [-0.3, -0.25) is 4.79 Å². The molecule has 2 fully saturated rings. The maximum Gasteiger partial charge on any atom is 0.256 e. The fraction of sp³-hybridized carbons (Fsp3) is 0.533. The SMILES string of the molecule is C[C@@H]1CO[C@@]2(CC[C@H](O)C2)N1C(=O)c1ccccc1. The topological polar surface area (TPSA) is 49.8 Å². The molecule has 1 N–H and O–H groups in total. The number of benzene rings is 1. The fourth-order valence-corrected chi connectivity index (χ4v) is 3.24. The Balaban J connectivity index is 1.91. The van der Waals surface area contributed by atoms with Crippen LogP contribution in [0.2, 0.25) is 0 Å². The third-order valence-electron chi connectivity index (χ3n) is 4.14. The zero-order valence-electron chi connectivity index (χ0n) is 11.1. The molecular formula is C15H19NO3. The highest BCUT2D eigenvalue weighted by molar-refractivity contribution is 5.95. The van der Waals surface area contributed by atoms with Crippen LogP contribution < -0.4 is 0 Å². The van der Waals surface area contributed by atoms with Gasteiger partial charge in [-0.15, -0.1) is 0 Å². The van der Waals surface area contributed by atoms with E-state index in [9.17, 15) is 9.90 Å². The Morgan fingerprint density at radius 2 is 2.16 bits per heavy atom. The van der Waals surface area contributed by atoms with Gasteiger partial charge < -0.3 is 14.7 Å². The van der Waals surface area contributed by atoms with Crippen LogP contribution in [0.3, 0.4) is 0 Å². The summed E-state index contributed by atoms with van der Waals surface area (Å²) in [5.74, 6) is -0.000278. The van der Waals surface area contributed by atoms with Crippen molar-refractivity contribution in [1.82, 2.24) is 4.90 Å². The predicted molar refractivity (Wildman–Crippen MR) is 70.6 cm³/mol. The van der Waals surface area contributed by atoms with E-state index in [1.165, 1.54) is 0 Å². The molecule has 0 aromatic heterocycles. The van der Waals surface area contributed by atoms with Crippen LogP contribution in [0, 0.1) is 0 Å². The number of hydrogen-bond donors (Lipinski definition) is 1. The monoisotopic (exact) mass is 261 g/mol. The van der Waals surface area contributed by atoms with Crippen LogP contribution in [-0.2, 0) is 4.74 Å². The summed E-state index contributed by atoms with van der Waals surface area (Å²) in [4.78, 5) is 14.5. The molecule has 4 nitrogen and oxygen atoms in total. The molecule has 1 aliphatic heterocycles. The molecule has 0 unspecified atom stereocenters. The van der Waals surface area contributed by atoms with Gasteiger partial charge in [-0.05, 0) is 31.9 Å². The molecular weight excluding hydrogens is 242 g/mol. The van der Waals surface area contributed by atoms with Gasteiger partial charge >= 0.3 is 0 Å². The third-order valence-corrected chi connectivity index (χ3v) is 4.14. The molecule has 4 heteroatoms. The van der Waals surface area contributed by atoms with Gasteiger partial charge in [0.05, 0.1) is 18.8 Å². The molecule has 1 saturated carbocycles. The van der Waals surface area contributed by atoms with Crippen LogP contribution in [0.5, 0.6) is 0 Å². The molecule has 19 heavy (non-hydrogen) atoms. The maximum atomic E-state index is 12.7. The van der Waals surface area contributed by atoms with Crippen molar-refractivity contribution in [2.45, 2.75) is 44.1 Å². The summed E-state index contributed by atoms with van der Waals surface area (Å²) in [6.45, 7) is 2.55. The van der Waals surface area contributed by atoms with Crippen molar-refractivity contribution in [1.29, 1.82) is 0 Å². The smallest absolute Gasteiger partial charge is 0.256 e. The molecule has 3 atom stereocenters. The van der Waals surface area contributed by atoms with Crippen molar-refractivity contribution in [3.8, 4) is 0 Å². The largest absolute Gasteiger partial charge is 0.393 e. The quantitative estimate of drug-likeness (QED) is 0.838. The minimum Gasteiger partial charge on any atom is -0.393 e.